The van der Waals surface area contributed by atoms with Gasteiger partial charge in [0, 0.05) is 23.5 Å². The fourth-order valence-electron chi connectivity index (χ4n) is 2.59. The topological polar surface area (TPSA) is 50.2 Å². The number of halogens is 2. The van der Waals surface area contributed by atoms with E-state index >= 15 is 0 Å². The second-order valence-corrected chi connectivity index (χ2v) is 5.30. The monoisotopic (exact) mass is 325 g/mol. The molecule has 0 aliphatic carbocycles. The van der Waals surface area contributed by atoms with E-state index in [4.69, 9.17) is 0 Å². The number of benzene rings is 2. The highest BCUT2D eigenvalue weighted by Gasteiger charge is 2.15. The van der Waals surface area contributed by atoms with Gasteiger partial charge in [-0.1, -0.05) is 24.3 Å². The lowest BCUT2D eigenvalue weighted by Gasteiger charge is -2.13. The van der Waals surface area contributed by atoms with Gasteiger partial charge in [-0.15, -0.1) is 0 Å². The Balaban J connectivity index is 2.19. The first-order valence-electron chi connectivity index (χ1n) is 7.25. The first kappa shape index (κ1) is 15.8. The van der Waals surface area contributed by atoms with Crippen LogP contribution in [0.5, 0.6) is 0 Å². The minimum Gasteiger partial charge on any atom is -0.481 e. The molecule has 3 aromatic rings. The number of aliphatic carboxylic acids is 1. The van der Waals surface area contributed by atoms with Crippen LogP contribution in [0.3, 0.4) is 0 Å². The van der Waals surface area contributed by atoms with E-state index in [0.717, 1.165) is 0 Å². The molecule has 1 heterocycles. The molecule has 120 valence electrons. The Kier molecular flexibility index (Phi) is 4.33. The number of carboxylic acid groups (broad SMARTS) is 1. The SMILES string of the molecule is O=C(O)Cc1c(-c2ccc(F)cc2)cncc1-c1ccc(F)cc1. The number of nitrogens with zero attached hydrogens (tertiary/aromatic N) is 1. The fourth-order valence-corrected chi connectivity index (χ4v) is 2.59. The third-order valence-electron chi connectivity index (χ3n) is 3.70. The number of hydrogen-bond acceptors (Lipinski definition) is 2. The molecule has 0 unspecified atom stereocenters. The Morgan fingerprint density at radius 2 is 1.25 bits per heavy atom. The first-order valence-corrected chi connectivity index (χ1v) is 7.25. The number of rotatable bonds is 4. The molecule has 0 bridgehead atoms. The van der Waals surface area contributed by atoms with Crippen molar-refractivity contribution in [1.29, 1.82) is 0 Å². The van der Waals surface area contributed by atoms with Crippen LogP contribution < -0.4 is 0 Å². The van der Waals surface area contributed by atoms with Crippen molar-refractivity contribution in [2.24, 2.45) is 0 Å². The van der Waals surface area contributed by atoms with Crippen LogP contribution >= 0.6 is 0 Å². The van der Waals surface area contributed by atoms with E-state index in [0.29, 0.717) is 27.8 Å². The number of pyridine rings is 1. The van der Waals surface area contributed by atoms with E-state index in [-0.39, 0.29) is 18.1 Å². The predicted octanol–water partition coefficient (Wildman–Crippen LogP) is 4.32. The maximum absolute atomic E-state index is 13.1. The van der Waals surface area contributed by atoms with Crippen molar-refractivity contribution >= 4 is 5.97 Å². The second-order valence-electron chi connectivity index (χ2n) is 5.30. The molecule has 0 fully saturated rings. The molecule has 0 saturated carbocycles. The van der Waals surface area contributed by atoms with Crippen LogP contribution in [0.1, 0.15) is 5.56 Å². The molecule has 3 nitrogen and oxygen atoms in total. The molecule has 3 rings (SSSR count). The summed E-state index contributed by atoms with van der Waals surface area (Å²) in [5.74, 6) is -1.74. The van der Waals surface area contributed by atoms with E-state index < -0.39 is 5.97 Å². The molecular formula is C19H13F2NO2. The summed E-state index contributed by atoms with van der Waals surface area (Å²) in [6.07, 6.45) is 2.89. The standard InChI is InChI=1S/C19H13F2NO2/c20-14-5-1-12(2-6-14)17-10-22-11-18(16(17)9-19(23)24)13-3-7-15(21)8-4-13/h1-8,10-11H,9H2,(H,23,24). The summed E-state index contributed by atoms with van der Waals surface area (Å²) >= 11 is 0. The first-order chi connectivity index (χ1) is 11.5. The van der Waals surface area contributed by atoms with Gasteiger partial charge in [-0.25, -0.2) is 8.78 Å². The van der Waals surface area contributed by atoms with Crippen LogP contribution in [-0.4, -0.2) is 16.1 Å². The van der Waals surface area contributed by atoms with Crippen LogP contribution in [0.15, 0.2) is 60.9 Å². The van der Waals surface area contributed by atoms with Gasteiger partial charge in [-0.05, 0) is 41.0 Å². The molecule has 0 atom stereocenters. The van der Waals surface area contributed by atoms with Gasteiger partial charge in [0.05, 0.1) is 6.42 Å². The van der Waals surface area contributed by atoms with E-state index in [2.05, 4.69) is 4.98 Å². The average Bonchev–Trinajstić information content (AvgIpc) is 2.56. The fraction of sp³-hybridized carbons (Fsp3) is 0.0526. The molecule has 0 radical (unpaired) electrons. The van der Waals surface area contributed by atoms with Gasteiger partial charge >= 0.3 is 5.97 Å². The summed E-state index contributed by atoms with van der Waals surface area (Å²) in [5, 5.41) is 9.26. The van der Waals surface area contributed by atoms with Gasteiger partial charge in [0.15, 0.2) is 0 Å². The summed E-state index contributed by atoms with van der Waals surface area (Å²) < 4.78 is 26.3. The smallest absolute Gasteiger partial charge is 0.307 e. The third kappa shape index (κ3) is 3.30. The molecule has 0 saturated heterocycles. The Bertz CT molecular complexity index is 811. The van der Waals surface area contributed by atoms with Crippen molar-refractivity contribution in [3.05, 3.63) is 78.1 Å². The highest BCUT2D eigenvalue weighted by molar-refractivity contribution is 5.83. The number of aromatic nitrogens is 1. The van der Waals surface area contributed by atoms with Crippen molar-refractivity contribution in [2.75, 3.05) is 0 Å². The molecule has 1 N–H and O–H groups in total. The van der Waals surface area contributed by atoms with Crippen molar-refractivity contribution in [1.82, 2.24) is 4.98 Å². The third-order valence-corrected chi connectivity index (χ3v) is 3.70. The van der Waals surface area contributed by atoms with E-state index in [1.165, 1.54) is 24.3 Å². The highest BCUT2D eigenvalue weighted by atomic mass is 19.1. The minimum atomic E-state index is -0.993. The Morgan fingerprint density at radius 3 is 1.62 bits per heavy atom. The quantitative estimate of drug-likeness (QED) is 0.777. The van der Waals surface area contributed by atoms with E-state index in [9.17, 15) is 18.7 Å². The van der Waals surface area contributed by atoms with Crippen LogP contribution in [0, 0.1) is 11.6 Å². The lowest BCUT2D eigenvalue weighted by molar-refractivity contribution is -0.136. The molecule has 5 heteroatoms. The van der Waals surface area contributed by atoms with Gasteiger partial charge in [0.25, 0.3) is 0 Å². The number of carbonyl (C=O) groups is 1. The van der Waals surface area contributed by atoms with E-state index in [1.807, 2.05) is 0 Å². The molecule has 0 amide bonds. The molecule has 0 aliphatic heterocycles. The Labute approximate surface area is 137 Å². The molecule has 24 heavy (non-hydrogen) atoms. The summed E-state index contributed by atoms with van der Waals surface area (Å²) in [5.41, 5.74) is 3.11. The average molecular weight is 325 g/mol. The predicted molar refractivity (Wildman–Crippen MR) is 86.4 cm³/mol. The molecule has 0 spiro atoms. The Hall–Kier alpha value is -3.08. The van der Waals surface area contributed by atoms with Crippen LogP contribution in [0.25, 0.3) is 22.3 Å². The number of hydrogen-bond donors (Lipinski definition) is 1. The normalized spacial score (nSPS) is 10.6. The largest absolute Gasteiger partial charge is 0.481 e. The van der Waals surface area contributed by atoms with Crippen molar-refractivity contribution in [3.8, 4) is 22.3 Å². The second kappa shape index (κ2) is 6.58. The zero-order chi connectivity index (χ0) is 17.1. The van der Waals surface area contributed by atoms with Gasteiger partial charge < -0.3 is 5.11 Å². The zero-order valence-corrected chi connectivity index (χ0v) is 12.5. The minimum absolute atomic E-state index is 0.220. The Morgan fingerprint density at radius 1 is 0.833 bits per heavy atom. The lowest BCUT2D eigenvalue weighted by Crippen LogP contribution is -2.05. The molecule has 0 aliphatic rings. The molecule has 1 aromatic heterocycles. The highest BCUT2D eigenvalue weighted by Crippen LogP contribution is 2.32. The molecular weight excluding hydrogens is 312 g/mol. The van der Waals surface area contributed by atoms with Crippen molar-refractivity contribution < 1.29 is 18.7 Å². The maximum atomic E-state index is 13.1. The summed E-state index contributed by atoms with van der Waals surface area (Å²) in [4.78, 5) is 15.5. The summed E-state index contributed by atoms with van der Waals surface area (Å²) in [7, 11) is 0. The van der Waals surface area contributed by atoms with Gasteiger partial charge in [-0.3, -0.25) is 9.78 Å². The van der Waals surface area contributed by atoms with Gasteiger partial charge in [0.1, 0.15) is 11.6 Å². The zero-order valence-electron chi connectivity index (χ0n) is 12.5. The van der Waals surface area contributed by atoms with Crippen molar-refractivity contribution in [3.63, 3.8) is 0 Å². The van der Waals surface area contributed by atoms with Gasteiger partial charge in [0.2, 0.25) is 0 Å². The van der Waals surface area contributed by atoms with Crippen LogP contribution in [-0.2, 0) is 11.2 Å². The summed E-state index contributed by atoms with van der Waals surface area (Å²) in [6.45, 7) is 0. The van der Waals surface area contributed by atoms with Crippen molar-refractivity contribution in [2.45, 2.75) is 6.42 Å². The van der Waals surface area contributed by atoms with Gasteiger partial charge in [-0.2, -0.15) is 0 Å². The van der Waals surface area contributed by atoms with E-state index in [1.54, 1.807) is 36.7 Å². The number of carboxylic acids is 1. The maximum Gasteiger partial charge on any atom is 0.307 e. The lowest BCUT2D eigenvalue weighted by atomic mass is 9.92. The molecule has 2 aromatic carbocycles. The van der Waals surface area contributed by atoms with Crippen LogP contribution in [0.2, 0.25) is 0 Å². The van der Waals surface area contributed by atoms with Crippen LogP contribution in [0.4, 0.5) is 8.78 Å². The summed E-state index contributed by atoms with van der Waals surface area (Å²) in [6, 6.07) is 11.5.